The molecule has 5 nitrogen and oxygen atoms in total. The molecule has 0 spiro atoms. The third kappa shape index (κ3) is 6.65. The highest BCUT2D eigenvalue weighted by Crippen LogP contribution is 2.18. The monoisotopic (exact) mass is 306 g/mol. The maximum atomic E-state index is 5.53. The lowest BCUT2D eigenvalue weighted by molar-refractivity contribution is -0.214. The number of hydrogen-bond donors (Lipinski definition) is 0. The van der Waals surface area contributed by atoms with Crippen molar-refractivity contribution in [1.82, 2.24) is 0 Å². The molecular weight excluding hydrogens is 276 g/mol. The van der Waals surface area contributed by atoms with Crippen LogP contribution in [0, 0.1) is 0 Å². The van der Waals surface area contributed by atoms with Gasteiger partial charge in [-0.15, -0.1) is 0 Å². The standard InChI is InChI=1S/C14H30O5Si/c1-15-20(16-2,17-3)13-9-7-5-4-6-8-11-18-14-10-12-19-14/h14H,4-13H2,1-3H3. The summed E-state index contributed by atoms with van der Waals surface area (Å²) < 4.78 is 26.9. The summed E-state index contributed by atoms with van der Waals surface area (Å²) in [6.07, 6.45) is 8.33. The molecule has 0 N–H and O–H groups in total. The fourth-order valence-corrected chi connectivity index (χ4v) is 4.06. The lowest BCUT2D eigenvalue weighted by Gasteiger charge is -2.26. The van der Waals surface area contributed by atoms with Crippen molar-refractivity contribution >= 4 is 8.80 Å². The smallest absolute Gasteiger partial charge is 0.377 e. The predicted octanol–water partition coefficient (Wildman–Crippen LogP) is 2.97. The highest BCUT2D eigenvalue weighted by molar-refractivity contribution is 6.60. The number of hydrogen-bond acceptors (Lipinski definition) is 5. The lowest BCUT2D eigenvalue weighted by atomic mass is 10.1. The Morgan fingerprint density at radius 1 is 0.900 bits per heavy atom. The van der Waals surface area contributed by atoms with Gasteiger partial charge in [0.2, 0.25) is 0 Å². The molecule has 0 amide bonds. The summed E-state index contributed by atoms with van der Waals surface area (Å²) in [5.74, 6) is 0. The molecule has 1 unspecified atom stereocenters. The topological polar surface area (TPSA) is 46.2 Å². The van der Waals surface area contributed by atoms with Crippen molar-refractivity contribution in [3.8, 4) is 0 Å². The van der Waals surface area contributed by atoms with Gasteiger partial charge in [0.05, 0.1) is 6.61 Å². The molecule has 0 aromatic carbocycles. The molecule has 6 heteroatoms. The van der Waals surface area contributed by atoms with E-state index in [1.807, 2.05) is 0 Å². The van der Waals surface area contributed by atoms with Gasteiger partial charge in [0.25, 0.3) is 0 Å². The Bertz CT molecular complexity index is 223. The maximum absolute atomic E-state index is 5.53. The van der Waals surface area contributed by atoms with Crippen molar-refractivity contribution in [3.05, 3.63) is 0 Å². The van der Waals surface area contributed by atoms with Gasteiger partial charge in [0.15, 0.2) is 6.29 Å². The lowest BCUT2D eigenvalue weighted by Crippen LogP contribution is -2.42. The van der Waals surface area contributed by atoms with E-state index in [2.05, 4.69) is 0 Å². The van der Waals surface area contributed by atoms with E-state index in [1.165, 1.54) is 25.7 Å². The minimum absolute atomic E-state index is 0.0882. The molecule has 0 radical (unpaired) electrons. The van der Waals surface area contributed by atoms with E-state index in [9.17, 15) is 0 Å². The molecule has 1 rings (SSSR count). The van der Waals surface area contributed by atoms with Crippen LogP contribution < -0.4 is 0 Å². The first-order valence-corrected chi connectivity index (χ1v) is 9.58. The van der Waals surface area contributed by atoms with Crippen LogP contribution in [0.5, 0.6) is 0 Å². The molecule has 1 fully saturated rings. The van der Waals surface area contributed by atoms with Crippen LogP contribution in [0.4, 0.5) is 0 Å². The highest BCUT2D eigenvalue weighted by Gasteiger charge is 2.36. The molecule has 1 saturated heterocycles. The summed E-state index contributed by atoms with van der Waals surface area (Å²) in [5, 5.41) is 0. The first kappa shape index (κ1) is 18.1. The van der Waals surface area contributed by atoms with E-state index < -0.39 is 8.80 Å². The Morgan fingerprint density at radius 3 is 1.95 bits per heavy atom. The van der Waals surface area contributed by atoms with E-state index in [4.69, 9.17) is 22.8 Å². The molecule has 1 aliphatic rings. The number of ether oxygens (including phenoxy) is 2. The van der Waals surface area contributed by atoms with Crippen LogP contribution in [0.2, 0.25) is 6.04 Å². The summed E-state index contributed by atoms with van der Waals surface area (Å²) in [7, 11) is 2.67. The molecular formula is C14H30O5Si. The molecule has 1 aliphatic heterocycles. The van der Waals surface area contributed by atoms with Gasteiger partial charge in [0, 0.05) is 40.4 Å². The molecule has 0 aromatic rings. The molecule has 0 bridgehead atoms. The van der Waals surface area contributed by atoms with Crippen molar-refractivity contribution in [2.24, 2.45) is 0 Å². The third-order valence-electron chi connectivity index (χ3n) is 3.77. The Hall–Kier alpha value is 0.0169. The number of unbranched alkanes of at least 4 members (excludes halogenated alkanes) is 5. The van der Waals surface area contributed by atoms with E-state index in [1.54, 1.807) is 21.3 Å². The predicted molar refractivity (Wildman–Crippen MR) is 79.6 cm³/mol. The van der Waals surface area contributed by atoms with Crippen LogP contribution in [-0.4, -0.2) is 49.6 Å². The van der Waals surface area contributed by atoms with E-state index >= 15 is 0 Å². The second-order valence-corrected chi connectivity index (χ2v) is 8.22. The van der Waals surface area contributed by atoms with Crippen LogP contribution in [0.3, 0.4) is 0 Å². The average molecular weight is 306 g/mol. The quantitative estimate of drug-likeness (QED) is 0.387. The van der Waals surface area contributed by atoms with Crippen molar-refractivity contribution in [1.29, 1.82) is 0 Å². The van der Waals surface area contributed by atoms with Crippen molar-refractivity contribution < 1.29 is 22.8 Å². The second-order valence-electron chi connectivity index (χ2n) is 5.13. The van der Waals surface area contributed by atoms with Crippen LogP contribution in [0.25, 0.3) is 0 Å². The third-order valence-corrected chi connectivity index (χ3v) is 6.60. The largest absolute Gasteiger partial charge is 0.500 e. The molecule has 0 aliphatic carbocycles. The van der Waals surface area contributed by atoms with Gasteiger partial charge in [-0.1, -0.05) is 25.7 Å². The summed E-state index contributed by atoms with van der Waals surface area (Å²) in [6, 6.07) is 0.901. The minimum atomic E-state index is -2.34. The first-order chi connectivity index (χ1) is 9.76. The van der Waals surface area contributed by atoms with E-state index in [0.29, 0.717) is 0 Å². The molecule has 120 valence electrons. The van der Waals surface area contributed by atoms with Gasteiger partial charge < -0.3 is 22.8 Å². The van der Waals surface area contributed by atoms with Crippen molar-refractivity contribution in [2.45, 2.75) is 57.3 Å². The van der Waals surface area contributed by atoms with Gasteiger partial charge in [-0.25, -0.2) is 0 Å². The Morgan fingerprint density at radius 2 is 1.45 bits per heavy atom. The SMILES string of the molecule is CO[Si](CCCCCCCCOC1CCO1)(OC)OC. The van der Waals surface area contributed by atoms with Crippen LogP contribution in [0.1, 0.15) is 44.9 Å². The fraction of sp³-hybridized carbons (Fsp3) is 1.00. The van der Waals surface area contributed by atoms with Gasteiger partial charge in [-0.2, -0.15) is 0 Å². The minimum Gasteiger partial charge on any atom is -0.377 e. The van der Waals surface area contributed by atoms with Crippen LogP contribution >= 0.6 is 0 Å². The normalized spacial score (nSPS) is 19.1. The van der Waals surface area contributed by atoms with Crippen molar-refractivity contribution in [2.75, 3.05) is 34.5 Å². The maximum Gasteiger partial charge on any atom is 0.500 e. The molecule has 20 heavy (non-hydrogen) atoms. The summed E-state index contributed by atoms with van der Waals surface area (Å²) in [4.78, 5) is 0. The van der Waals surface area contributed by atoms with Crippen molar-refractivity contribution in [3.63, 3.8) is 0 Å². The number of rotatable bonds is 13. The Labute approximate surface area is 124 Å². The average Bonchev–Trinajstić information content (AvgIpc) is 2.44. The second kappa shape index (κ2) is 10.7. The van der Waals surface area contributed by atoms with E-state index in [-0.39, 0.29) is 6.29 Å². The molecule has 1 atom stereocenters. The van der Waals surface area contributed by atoms with Crippen LogP contribution in [-0.2, 0) is 22.8 Å². The Balaban J connectivity index is 1.86. The van der Waals surface area contributed by atoms with Gasteiger partial charge in [-0.3, -0.25) is 0 Å². The summed E-state index contributed by atoms with van der Waals surface area (Å²) in [5.41, 5.74) is 0. The van der Waals surface area contributed by atoms with Crippen LogP contribution in [0.15, 0.2) is 0 Å². The van der Waals surface area contributed by atoms with Gasteiger partial charge >= 0.3 is 8.80 Å². The fourth-order valence-electron chi connectivity index (χ4n) is 2.27. The van der Waals surface area contributed by atoms with Gasteiger partial charge in [-0.05, 0) is 12.8 Å². The Kier molecular flexibility index (Phi) is 9.67. The molecule has 0 saturated carbocycles. The zero-order valence-corrected chi connectivity index (χ0v) is 14.2. The zero-order valence-electron chi connectivity index (χ0n) is 13.2. The molecule has 1 heterocycles. The van der Waals surface area contributed by atoms with Gasteiger partial charge in [0.1, 0.15) is 0 Å². The first-order valence-electron chi connectivity index (χ1n) is 7.65. The summed E-state index contributed by atoms with van der Waals surface area (Å²) in [6.45, 7) is 1.69. The molecule has 0 aromatic heterocycles. The summed E-state index contributed by atoms with van der Waals surface area (Å²) >= 11 is 0. The van der Waals surface area contributed by atoms with E-state index in [0.717, 1.165) is 38.5 Å². The zero-order chi connectivity index (χ0) is 14.7. The highest BCUT2D eigenvalue weighted by atomic mass is 28.4.